The zero-order valence-corrected chi connectivity index (χ0v) is 7.47. The summed E-state index contributed by atoms with van der Waals surface area (Å²) in [5.74, 6) is -4.41. The summed E-state index contributed by atoms with van der Waals surface area (Å²) in [6, 6.07) is 1.03. The van der Waals surface area contributed by atoms with Gasteiger partial charge in [0.15, 0.2) is 0 Å². The number of fused-ring (bicyclic) bond motifs is 1. The summed E-state index contributed by atoms with van der Waals surface area (Å²) in [7, 11) is 0. The summed E-state index contributed by atoms with van der Waals surface area (Å²) < 4.78 is 26.5. The first kappa shape index (κ1) is 9.18. The van der Waals surface area contributed by atoms with Crippen LogP contribution < -0.4 is 0 Å². The summed E-state index contributed by atoms with van der Waals surface area (Å²) in [6.07, 6.45) is -0.242. The molecule has 0 saturated heterocycles. The molecule has 1 aliphatic carbocycles. The number of halogens is 2. The van der Waals surface area contributed by atoms with E-state index in [4.69, 9.17) is 5.11 Å². The van der Waals surface area contributed by atoms with Crippen molar-refractivity contribution < 1.29 is 18.7 Å². The van der Waals surface area contributed by atoms with Crippen LogP contribution in [0.1, 0.15) is 41.0 Å². The van der Waals surface area contributed by atoms with Crippen LogP contribution in [-0.4, -0.2) is 16.1 Å². The molecule has 5 heteroatoms. The summed E-state index contributed by atoms with van der Waals surface area (Å²) in [5.41, 5.74) is 0.0241. The van der Waals surface area contributed by atoms with Gasteiger partial charge in [-0.15, -0.1) is 0 Å². The van der Waals surface area contributed by atoms with Gasteiger partial charge in [-0.05, 0) is 6.07 Å². The van der Waals surface area contributed by atoms with Gasteiger partial charge in [0, 0.05) is 23.6 Å². The Morgan fingerprint density at radius 2 is 2.36 bits per heavy atom. The van der Waals surface area contributed by atoms with E-state index in [1.807, 2.05) is 0 Å². The lowest BCUT2D eigenvalue weighted by atomic mass is 10.1. The molecule has 76 valence electrons. The monoisotopic (exact) mass is 201 g/mol. The van der Waals surface area contributed by atoms with Crippen molar-refractivity contribution in [3.63, 3.8) is 0 Å². The Labute approximate surface area is 78.7 Å². The summed E-state index contributed by atoms with van der Waals surface area (Å²) >= 11 is 0. The van der Waals surface area contributed by atoms with Crippen molar-refractivity contribution in [2.45, 2.75) is 25.2 Å². The van der Waals surface area contributed by atoms with Crippen LogP contribution in [0, 0.1) is 0 Å². The first-order chi connectivity index (χ1) is 6.42. The molecule has 0 radical (unpaired) electrons. The average molecular weight is 201 g/mol. The maximum Gasteiger partial charge on any atom is 0.352 e. The van der Waals surface area contributed by atoms with Gasteiger partial charge >= 0.3 is 5.97 Å². The van der Waals surface area contributed by atoms with Crippen LogP contribution in [0.3, 0.4) is 0 Å². The number of aromatic amines is 1. The maximum absolute atomic E-state index is 13.3. The third-order valence-electron chi connectivity index (χ3n) is 2.53. The van der Waals surface area contributed by atoms with E-state index in [-0.39, 0.29) is 23.6 Å². The van der Waals surface area contributed by atoms with Gasteiger partial charge < -0.3 is 10.1 Å². The van der Waals surface area contributed by atoms with Crippen LogP contribution in [0.2, 0.25) is 0 Å². The quantitative estimate of drug-likeness (QED) is 0.732. The summed E-state index contributed by atoms with van der Waals surface area (Å²) in [4.78, 5) is 13.1. The van der Waals surface area contributed by atoms with Crippen molar-refractivity contribution >= 4 is 5.97 Å². The topological polar surface area (TPSA) is 53.1 Å². The van der Waals surface area contributed by atoms with E-state index in [1.165, 1.54) is 0 Å². The van der Waals surface area contributed by atoms with Crippen LogP contribution in [0.25, 0.3) is 0 Å². The fraction of sp³-hybridized carbons (Fsp3) is 0.444. The normalized spacial score (nSPS) is 23.5. The van der Waals surface area contributed by atoms with Gasteiger partial charge in [-0.25, -0.2) is 13.6 Å². The lowest BCUT2D eigenvalue weighted by molar-refractivity contribution is -0.00576. The number of nitrogens with one attached hydrogen (secondary N) is 1. The zero-order valence-electron chi connectivity index (χ0n) is 7.47. The molecule has 0 spiro atoms. The van der Waals surface area contributed by atoms with Crippen LogP contribution in [0.15, 0.2) is 6.07 Å². The van der Waals surface area contributed by atoms with Gasteiger partial charge in [0.2, 0.25) is 0 Å². The average Bonchev–Trinajstić information content (AvgIpc) is 2.53. The summed E-state index contributed by atoms with van der Waals surface area (Å²) in [6.45, 7) is 1.65. The molecule has 0 fully saturated rings. The second-order valence-corrected chi connectivity index (χ2v) is 3.63. The zero-order chi connectivity index (χ0) is 10.5. The van der Waals surface area contributed by atoms with Crippen molar-refractivity contribution in [2.75, 3.05) is 0 Å². The predicted octanol–water partition coefficient (Wildman–Crippen LogP) is 2.31. The van der Waals surface area contributed by atoms with E-state index < -0.39 is 11.9 Å². The van der Waals surface area contributed by atoms with Crippen molar-refractivity contribution in [3.05, 3.63) is 23.0 Å². The first-order valence-corrected chi connectivity index (χ1v) is 4.26. The number of H-pyrrole nitrogens is 1. The fourth-order valence-electron chi connectivity index (χ4n) is 1.87. The number of hydrogen-bond acceptors (Lipinski definition) is 1. The van der Waals surface area contributed by atoms with Gasteiger partial charge in [0.25, 0.3) is 5.92 Å². The predicted molar refractivity (Wildman–Crippen MR) is 44.7 cm³/mol. The third-order valence-corrected chi connectivity index (χ3v) is 2.53. The largest absolute Gasteiger partial charge is 0.477 e. The van der Waals surface area contributed by atoms with Gasteiger partial charge in [-0.1, -0.05) is 6.92 Å². The van der Waals surface area contributed by atoms with Gasteiger partial charge in [0.1, 0.15) is 5.69 Å². The molecular weight excluding hydrogens is 192 g/mol. The first-order valence-electron chi connectivity index (χ1n) is 4.26. The lowest BCUT2D eigenvalue weighted by Gasteiger charge is -2.07. The van der Waals surface area contributed by atoms with Crippen LogP contribution in [0.4, 0.5) is 8.78 Å². The van der Waals surface area contributed by atoms with Gasteiger partial charge in [-0.3, -0.25) is 0 Å². The lowest BCUT2D eigenvalue weighted by Crippen LogP contribution is -2.07. The highest BCUT2D eigenvalue weighted by molar-refractivity contribution is 5.86. The molecule has 1 aliphatic rings. The minimum Gasteiger partial charge on any atom is -0.477 e. The number of rotatable bonds is 1. The minimum atomic E-state index is -2.89. The van der Waals surface area contributed by atoms with E-state index in [1.54, 1.807) is 6.92 Å². The molecule has 3 nitrogen and oxygen atoms in total. The Balaban J connectivity index is 2.53. The molecule has 1 atom stereocenters. The van der Waals surface area contributed by atoms with Crippen LogP contribution in [-0.2, 0) is 5.92 Å². The Hall–Kier alpha value is -1.39. The smallest absolute Gasteiger partial charge is 0.352 e. The van der Waals surface area contributed by atoms with Crippen molar-refractivity contribution in [1.29, 1.82) is 0 Å². The molecule has 0 saturated carbocycles. The highest BCUT2D eigenvalue weighted by atomic mass is 19.3. The van der Waals surface area contributed by atoms with Gasteiger partial charge in [0.05, 0.1) is 0 Å². The van der Waals surface area contributed by atoms with Crippen LogP contribution in [0.5, 0.6) is 0 Å². The standard InChI is InChI=1S/C9H9F2NO2/c1-4-3-9(10,11)5-2-6(8(13)14)12-7(4)5/h2,4,12H,3H2,1H3,(H,13,14). The number of aromatic carboxylic acids is 1. The Morgan fingerprint density at radius 1 is 1.71 bits per heavy atom. The highest BCUT2D eigenvalue weighted by Crippen LogP contribution is 2.47. The van der Waals surface area contributed by atoms with Crippen LogP contribution >= 0.6 is 0 Å². The summed E-state index contributed by atoms with van der Waals surface area (Å²) in [5, 5.41) is 8.62. The van der Waals surface area contributed by atoms with E-state index >= 15 is 0 Å². The molecule has 2 N–H and O–H groups in total. The second kappa shape index (κ2) is 2.56. The molecular formula is C9H9F2NO2. The highest BCUT2D eigenvalue weighted by Gasteiger charge is 2.45. The van der Waals surface area contributed by atoms with E-state index in [0.717, 1.165) is 6.07 Å². The molecule has 1 unspecified atom stereocenters. The Kier molecular flexibility index (Phi) is 1.68. The number of carbonyl (C=O) groups is 1. The van der Waals surface area contributed by atoms with Crippen molar-refractivity contribution in [3.8, 4) is 0 Å². The van der Waals surface area contributed by atoms with E-state index in [0.29, 0.717) is 5.69 Å². The minimum absolute atomic E-state index is 0.164. The second-order valence-electron chi connectivity index (χ2n) is 3.63. The molecule has 1 heterocycles. The SMILES string of the molecule is CC1CC(F)(F)c2cc(C(=O)O)[nH]c21. The molecule has 0 bridgehead atoms. The third kappa shape index (κ3) is 1.12. The molecule has 1 aromatic rings. The van der Waals surface area contributed by atoms with E-state index in [2.05, 4.69) is 4.98 Å². The fourth-order valence-corrected chi connectivity index (χ4v) is 1.87. The number of aromatic nitrogens is 1. The Bertz CT molecular complexity index is 398. The van der Waals surface area contributed by atoms with Gasteiger partial charge in [-0.2, -0.15) is 0 Å². The van der Waals surface area contributed by atoms with Crippen molar-refractivity contribution in [1.82, 2.24) is 4.98 Å². The van der Waals surface area contributed by atoms with E-state index in [9.17, 15) is 13.6 Å². The number of hydrogen-bond donors (Lipinski definition) is 2. The molecule has 0 aromatic carbocycles. The number of alkyl halides is 2. The maximum atomic E-state index is 13.3. The molecule has 0 aliphatic heterocycles. The van der Waals surface area contributed by atoms with Crippen molar-refractivity contribution in [2.24, 2.45) is 0 Å². The molecule has 14 heavy (non-hydrogen) atoms. The Morgan fingerprint density at radius 3 is 2.86 bits per heavy atom. The number of carboxylic acid groups (broad SMARTS) is 1. The molecule has 1 aromatic heterocycles. The number of carboxylic acids is 1. The molecule has 2 rings (SSSR count). The molecule has 0 amide bonds.